The molecule has 1 aliphatic rings. The molecule has 90 valence electrons. The van der Waals surface area contributed by atoms with Crippen molar-refractivity contribution in [1.29, 1.82) is 0 Å². The smallest absolute Gasteiger partial charge is 0.364 e. The maximum Gasteiger partial charge on any atom is 0.364 e. The van der Waals surface area contributed by atoms with Crippen molar-refractivity contribution in [3.05, 3.63) is 22.6 Å². The van der Waals surface area contributed by atoms with E-state index in [2.05, 4.69) is 20.6 Å². The molecule has 3 rings (SSSR count). The van der Waals surface area contributed by atoms with E-state index in [0.717, 1.165) is 19.4 Å². The normalized spacial score (nSPS) is 23.6. The van der Waals surface area contributed by atoms with Crippen LogP contribution in [-0.4, -0.2) is 32.4 Å². The molecule has 2 aromatic heterocycles. The van der Waals surface area contributed by atoms with E-state index in [4.69, 9.17) is 5.73 Å². The topological polar surface area (TPSA) is 101 Å². The second-order valence-electron chi connectivity index (χ2n) is 4.50. The molecule has 17 heavy (non-hydrogen) atoms. The number of rotatable bonds is 3. The van der Waals surface area contributed by atoms with E-state index in [1.165, 1.54) is 4.52 Å². The lowest BCUT2D eigenvalue weighted by Gasteiger charge is -2.32. The van der Waals surface area contributed by atoms with Crippen molar-refractivity contribution in [2.45, 2.75) is 18.9 Å². The van der Waals surface area contributed by atoms with Crippen LogP contribution in [0.15, 0.2) is 16.9 Å². The molecule has 0 aromatic carbocycles. The van der Waals surface area contributed by atoms with Crippen molar-refractivity contribution < 1.29 is 0 Å². The largest absolute Gasteiger partial charge is 0.368 e. The average Bonchev–Trinajstić information content (AvgIpc) is 2.65. The minimum Gasteiger partial charge on any atom is -0.368 e. The molecular weight excluding hydrogens is 220 g/mol. The van der Waals surface area contributed by atoms with Crippen LogP contribution in [0.5, 0.6) is 0 Å². The summed E-state index contributed by atoms with van der Waals surface area (Å²) in [4.78, 5) is 11.3. The SMILES string of the molecule is NC1CC(CNc2ccc3n[nH]c(=O)n3n2)C1. The van der Waals surface area contributed by atoms with E-state index in [-0.39, 0.29) is 5.69 Å². The fourth-order valence-electron chi connectivity index (χ4n) is 2.10. The van der Waals surface area contributed by atoms with Crippen LogP contribution in [0.4, 0.5) is 5.82 Å². The molecule has 1 aliphatic carbocycles. The van der Waals surface area contributed by atoms with Gasteiger partial charge >= 0.3 is 5.69 Å². The molecule has 0 atom stereocenters. The summed E-state index contributed by atoms with van der Waals surface area (Å²) >= 11 is 0. The highest BCUT2D eigenvalue weighted by molar-refractivity contribution is 5.42. The van der Waals surface area contributed by atoms with Gasteiger partial charge in [0.1, 0.15) is 5.82 Å². The van der Waals surface area contributed by atoms with Gasteiger partial charge in [-0.15, -0.1) is 5.10 Å². The highest BCUT2D eigenvalue weighted by Gasteiger charge is 2.25. The Hall–Kier alpha value is -1.89. The van der Waals surface area contributed by atoms with Crippen LogP contribution in [0.1, 0.15) is 12.8 Å². The van der Waals surface area contributed by atoms with Crippen molar-refractivity contribution in [2.24, 2.45) is 11.7 Å². The zero-order valence-corrected chi connectivity index (χ0v) is 9.26. The summed E-state index contributed by atoms with van der Waals surface area (Å²) in [6, 6.07) is 3.92. The Labute approximate surface area is 97.0 Å². The summed E-state index contributed by atoms with van der Waals surface area (Å²) < 4.78 is 1.24. The van der Waals surface area contributed by atoms with Gasteiger partial charge in [-0.25, -0.2) is 9.89 Å². The standard InChI is InChI=1S/C10H14N6O/c11-7-3-6(4-7)5-12-8-1-2-9-13-14-10(17)16(9)15-8/h1-2,6-7H,3-5,11H2,(H,12,15)(H,14,17). The Morgan fingerprint density at radius 1 is 1.53 bits per heavy atom. The lowest BCUT2D eigenvalue weighted by molar-refractivity contribution is 0.280. The first-order chi connectivity index (χ1) is 8.22. The fraction of sp³-hybridized carbons (Fsp3) is 0.500. The Morgan fingerprint density at radius 3 is 3.12 bits per heavy atom. The summed E-state index contributed by atoms with van der Waals surface area (Å²) in [7, 11) is 0. The second kappa shape index (κ2) is 3.85. The summed E-state index contributed by atoms with van der Waals surface area (Å²) in [6.45, 7) is 0.846. The maximum absolute atomic E-state index is 11.3. The van der Waals surface area contributed by atoms with Crippen molar-refractivity contribution >= 4 is 11.5 Å². The van der Waals surface area contributed by atoms with Crippen molar-refractivity contribution in [3.63, 3.8) is 0 Å². The minimum atomic E-state index is -0.325. The van der Waals surface area contributed by atoms with E-state index < -0.39 is 0 Å². The number of H-pyrrole nitrogens is 1. The lowest BCUT2D eigenvalue weighted by atomic mass is 9.81. The maximum atomic E-state index is 11.3. The molecule has 0 aliphatic heterocycles. The molecule has 0 saturated heterocycles. The molecule has 0 amide bonds. The zero-order chi connectivity index (χ0) is 11.8. The van der Waals surface area contributed by atoms with Crippen LogP contribution in [0.2, 0.25) is 0 Å². The molecule has 2 aromatic rings. The zero-order valence-electron chi connectivity index (χ0n) is 9.26. The number of aromatic nitrogens is 4. The molecule has 0 spiro atoms. The summed E-state index contributed by atoms with van der Waals surface area (Å²) in [5.41, 5.74) is 5.91. The Morgan fingerprint density at radius 2 is 2.35 bits per heavy atom. The molecular formula is C10H14N6O. The summed E-state index contributed by atoms with van der Waals surface area (Å²) in [5, 5.41) is 13.5. The van der Waals surface area contributed by atoms with Gasteiger partial charge in [0.15, 0.2) is 5.65 Å². The number of nitrogens with two attached hydrogens (primary N) is 1. The number of nitrogens with one attached hydrogen (secondary N) is 2. The number of fused-ring (bicyclic) bond motifs is 1. The third kappa shape index (κ3) is 1.89. The van der Waals surface area contributed by atoms with Gasteiger partial charge in [-0.2, -0.15) is 9.61 Å². The molecule has 1 saturated carbocycles. The van der Waals surface area contributed by atoms with Crippen LogP contribution in [0.25, 0.3) is 5.65 Å². The predicted octanol–water partition coefficient (Wildman–Crippen LogP) is -0.433. The number of anilines is 1. The number of nitrogens with zero attached hydrogens (tertiary/aromatic N) is 3. The Bertz CT molecular complexity index is 582. The van der Waals surface area contributed by atoms with Gasteiger partial charge in [-0.3, -0.25) is 0 Å². The van der Waals surface area contributed by atoms with Crippen LogP contribution < -0.4 is 16.7 Å². The van der Waals surface area contributed by atoms with E-state index in [0.29, 0.717) is 23.4 Å². The van der Waals surface area contributed by atoms with Gasteiger partial charge in [-0.1, -0.05) is 0 Å². The Kier molecular flexibility index (Phi) is 2.32. The first kappa shape index (κ1) is 10.3. The Balaban J connectivity index is 1.72. The van der Waals surface area contributed by atoms with Crippen molar-refractivity contribution in [1.82, 2.24) is 19.8 Å². The fourth-order valence-corrected chi connectivity index (χ4v) is 2.10. The third-order valence-electron chi connectivity index (χ3n) is 3.12. The van der Waals surface area contributed by atoms with E-state index in [1.807, 2.05) is 6.07 Å². The number of aromatic amines is 1. The summed E-state index contributed by atoms with van der Waals surface area (Å²) in [6.07, 6.45) is 2.11. The van der Waals surface area contributed by atoms with Gasteiger partial charge in [0.25, 0.3) is 0 Å². The molecule has 0 radical (unpaired) electrons. The monoisotopic (exact) mass is 234 g/mol. The first-order valence-corrected chi connectivity index (χ1v) is 5.66. The highest BCUT2D eigenvalue weighted by Crippen LogP contribution is 2.25. The number of hydrogen-bond acceptors (Lipinski definition) is 5. The van der Waals surface area contributed by atoms with Crippen molar-refractivity contribution in [2.75, 3.05) is 11.9 Å². The lowest BCUT2D eigenvalue weighted by Crippen LogP contribution is -2.39. The second-order valence-corrected chi connectivity index (χ2v) is 4.50. The van der Waals surface area contributed by atoms with E-state index in [9.17, 15) is 4.79 Å². The molecule has 7 nitrogen and oxygen atoms in total. The van der Waals surface area contributed by atoms with Crippen LogP contribution in [0, 0.1) is 5.92 Å². The van der Waals surface area contributed by atoms with Gasteiger partial charge < -0.3 is 11.1 Å². The van der Waals surface area contributed by atoms with E-state index in [1.54, 1.807) is 6.07 Å². The third-order valence-corrected chi connectivity index (χ3v) is 3.12. The molecule has 7 heteroatoms. The molecule has 0 unspecified atom stereocenters. The molecule has 2 heterocycles. The van der Waals surface area contributed by atoms with E-state index >= 15 is 0 Å². The van der Waals surface area contributed by atoms with Crippen LogP contribution in [0.3, 0.4) is 0 Å². The summed E-state index contributed by atoms with van der Waals surface area (Å²) in [5.74, 6) is 1.30. The highest BCUT2D eigenvalue weighted by atomic mass is 16.2. The van der Waals surface area contributed by atoms with Gasteiger partial charge in [0, 0.05) is 12.6 Å². The van der Waals surface area contributed by atoms with Gasteiger partial charge in [-0.05, 0) is 30.9 Å². The average molecular weight is 234 g/mol. The predicted molar refractivity (Wildman–Crippen MR) is 62.8 cm³/mol. The van der Waals surface area contributed by atoms with Crippen molar-refractivity contribution in [3.8, 4) is 0 Å². The quantitative estimate of drug-likeness (QED) is 0.668. The van der Waals surface area contributed by atoms with Gasteiger partial charge in [0.2, 0.25) is 0 Å². The number of hydrogen-bond donors (Lipinski definition) is 3. The van der Waals surface area contributed by atoms with Crippen LogP contribution in [-0.2, 0) is 0 Å². The van der Waals surface area contributed by atoms with Gasteiger partial charge in [0.05, 0.1) is 0 Å². The molecule has 4 N–H and O–H groups in total. The van der Waals surface area contributed by atoms with Crippen LogP contribution >= 0.6 is 0 Å². The first-order valence-electron chi connectivity index (χ1n) is 5.66. The minimum absolute atomic E-state index is 0.325. The molecule has 0 bridgehead atoms. The molecule has 1 fully saturated rings.